The summed E-state index contributed by atoms with van der Waals surface area (Å²) in [6.45, 7) is 2.68. The zero-order valence-corrected chi connectivity index (χ0v) is 11.9. The van der Waals surface area contributed by atoms with Gasteiger partial charge in [-0.3, -0.25) is 10.1 Å². The second kappa shape index (κ2) is 5.47. The van der Waals surface area contributed by atoms with Crippen LogP contribution >= 0.6 is 0 Å². The fourth-order valence-electron chi connectivity index (χ4n) is 2.19. The summed E-state index contributed by atoms with van der Waals surface area (Å²) in [6.07, 6.45) is 0. The van der Waals surface area contributed by atoms with E-state index in [9.17, 15) is 18.5 Å². The van der Waals surface area contributed by atoms with Gasteiger partial charge in [0.05, 0.1) is 10.7 Å². The molecule has 2 N–H and O–H groups in total. The van der Waals surface area contributed by atoms with E-state index in [2.05, 4.69) is 0 Å². The highest BCUT2D eigenvalue weighted by molar-refractivity contribution is 7.88. The Morgan fingerprint density at radius 3 is 2.40 bits per heavy atom. The lowest BCUT2D eigenvalue weighted by Gasteiger charge is -2.15. The minimum absolute atomic E-state index is 0.0528. The second-order valence-corrected chi connectivity index (χ2v) is 7.11. The molecule has 2 rings (SSSR count). The van der Waals surface area contributed by atoms with Crippen LogP contribution in [0.1, 0.15) is 12.5 Å². The van der Waals surface area contributed by atoms with Crippen molar-refractivity contribution in [3.05, 3.63) is 39.9 Å². The third-order valence-electron chi connectivity index (χ3n) is 3.53. The van der Waals surface area contributed by atoms with Gasteiger partial charge in [0.15, 0.2) is 0 Å². The van der Waals surface area contributed by atoms with Crippen LogP contribution in [0.3, 0.4) is 0 Å². The fourth-order valence-corrected chi connectivity index (χ4v) is 3.85. The highest BCUT2D eigenvalue weighted by Gasteiger charge is 2.34. The summed E-state index contributed by atoms with van der Waals surface area (Å²) in [6, 6.07) is 5.41. The average Bonchev–Trinajstić information content (AvgIpc) is 2.71. The van der Waals surface area contributed by atoms with E-state index >= 15 is 0 Å². The van der Waals surface area contributed by atoms with Crippen molar-refractivity contribution in [2.24, 2.45) is 11.7 Å². The van der Waals surface area contributed by atoms with Crippen molar-refractivity contribution in [1.29, 1.82) is 0 Å². The highest BCUT2D eigenvalue weighted by Crippen LogP contribution is 2.21. The highest BCUT2D eigenvalue weighted by atomic mass is 32.2. The molecular weight excluding hydrogens is 282 g/mol. The third-order valence-corrected chi connectivity index (χ3v) is 5.31. The maximum atomic E-state index is 12.2. The van der Waals surface area contributed by atoms with E-state index in [1.54, 1.807) is 0 Å². The Hall–Kier alpha value is -1.51. The smallest absolute Gasteiger partial charge is 0.269 e. The minimum atomic E-state index is -3.43. The molecule has 1 aromatic carbocycles. The van der Waals surface area contributed by atoms with Crippen molar-refractivity contribution in [1.82, 2.24) is 4.31 Å². The van der Waals surface area contributed by atoms with E-state index in [1.165, 1.54) is 28.6 Å². The van der Waals surface area contributed by atoms with Crippen molar-refractivity contribution >= 4 is 15.7 Å². The molecule has 0 aromatic heterocycles. The predicted octanol–water partition coefficient (Wildman–Crippen LogP) is 0.704. The molecule has 1 aromatic rings. The fraction of sp³-hybridized carbons (Fsp3) is 0.500. The van der Waals surface area contributed by atoms with Crippen LogP contribution in [0.4, 0.5) is 5.69 Å². The van der Waals surface area contributed by atoms with Crippen LogP contribution in [0.15, 0.2) is 24.3 Å². The van der Waals surface area contributed by atoms with Gasteiger partial charge in [0.2, 0.25) is 10.0 Å². The van der Waals surface area contributed by atoms with E-state index in [4.69, 9.17) is 5.73 Å². The van der Waals surface area contributed by atoms with Crippen LogP contribution < -0.4 is 5.73 Å². The normalized spacial score (nSPS) is 23.9. The number of rotatable bonds is 4. The lowest BCUT2D eigenvalue weighted by Crippen LogP contribution is -2.33. The number of nitro benzene ring substituents is 1. The van der Waals surface area contributed by atoms with E-state index < -0.39 is 14.9 Å². The van der Waals surface area contributed by atoms with Crippen molar-refractivity contribution < 1.29 is 13.3 Å². The van der Waals surface area contributed by atoms with Crippen LogP contribution in [0, 0.1) is 16.0 Å². The standard InChI is InChI=1S/C12H17N3O4S/c1-9-6-14(7-12(9)13)20(18,19)8-10-2-4-11(5-3-10)15(16)17/h2-5,9,12H,6-8,13H2,1H3. The molecule has 1 saturated heterocycles. The SMILES string of the molecule is CC1CN(S(=O)(=O)Cc2ccc([N+](=O)[O-])cc2)CC1N. The molecule has 0 bridgehead atoms. The Kier molecular flexibility index (Phi) is 4.07. The molecule has 7 nitrogen and oxygen atoms in total. The lowest BCUT2D eigenvalue weighted by atomic mass is 10.1. The molecule has 1 heterocycles. The summed E-state index contributed by atoms with van der Waals surface area (Å²) in [5, 5.41) is 10.5. The molecule has 1 aliphatic heterocycles. The molecule has 0 aliphatic carbocycles. The second-order valence-electron chi connectivity index (χ2n) is 5.14. The Morgan fingerprint density at radius 2 is 1.95 bits per heavy atom. The first-order valence-electron chi connectivity index (χ1n) is 6.26. The Labute approximate surface area is 117 Å². The van der Waals surface area contributed by atoms with Crippen molar-refractivity contribution in [2.75, 3.05) is 13.1 Å². The quantitative estimate of drug-likeness (QED) is 0.650. The number of nitrogens with zero attached hydrogens (tertiary/aromatic N) is 2. The molecule has 0 amide bonds. The Balaban J connectivity index is 2.10. The topological polar surface area (TPSA) is 107 Å². The number of hydrogen-bond acceptors (Lipinski definition) is 5. The summed E-state index contributed by atoms with van der Waals surface area (Å²) in [5.41, 5.74) is 6.31. The predicted molar refractivity (Wildman–Crippen MR) is 74.4 cm³/mol. The van der Waals surface area contributed by atoms with Gasteiger partial charge in [-0.25, -0.2) is 8.42 Å². The number of benzene rings is 1. The van der Waals surface area contributed by atoms with Gasteiger partial charge in [0.25, 0.3) is 5.69 Å². The van der Waals surface area contributed by atoms with Gasteiger partial charge in [-0.15, -0.1) is 0 Å². The number of sulfonamides is 1. The number of hydrogen-bond donors (Lipinski definition) is 1. The molecule has 0 spiro atoms. The molecular formula is C12H17N3O4S. The maximum Gasteiger partial charge on any atom is 0.269 e. The zero-order chi connectivity index (χ0) is 14.9. The molecule has 2 atom stereocenters. The first kappa shape index (κ1) is 14.9. The molecule has 0 radical (unpaired) electrons. The number of nitro groups is 1. The van der Waals surface area contributed by atoms with Crippen LogP contribution in [-0.4, -0.2) is 36.8 Å². The van der Waals surface area contributed by atoms with Crippen molar-refractivity contribution in [3.8, 4) is 0 Å². The number of non-ortho nitro benzene ring substituents is 1. The van der Waals surface area contributed by atoms with Crippen LogP contribution in [-0.2, 0) is 15.8 Å². The van der Waals surface area contributed by atoms with Crippen molar-refractivity contribution in [3.63, 3.8) is 0 Å². The third kappa shape index (κ3) is 3.14. The largest absolute Gasteiger partial charge is 0.326 e. The van der Waals surface area contributed by atoms with Gasteiger partial charge in [-0.05, 0) is 11.5 Å². The van der Waals surface area contributed by atoms with Crippen LogP contribution in [0.2, 0.25) is 0 Å². The Morgan fingerprint density at radius 1 is 1.35 bits per heavy atom. The zero-order valence-electron chi connectivity index (χ0n) is 11.1. The van der Waals surface area contributed by atoms with E-state index in [-0.39, 0.29) is 23.4 Å². The van der Waals surface area contributed by atoms with Gasteiger partial charge < -0.3 is 5.73 Å². The van der Waals surface area contributed by atoms with Gasteiger partial charge >= 0.3 is 0 Å². The molecule has 110 valence electrons. The average molecular weight is 299 g/mol. The van der Waals surface area contributed by atoms with Crippen LogP contribution in [0.25, 0.3) is 0 Å². The van der Waals surface area contributed by atoms with Gasteiger partial charge in [0, 0.05) is 31.3 Å². The summed E-state index contributed by atoms with van der Waals surface area (Å²) in [5.74, 6) is -0.0219. The molecule has 0 saturated carbocycles. The summed E-state index contributed by atoms with van der Waals surface area (Å²) >= 11 is 0. The van der Waals surface area contributed by atoms with E-state index in [1.807, 2.05) is 6.92 Å². The summed E-state index contributed by atoms with van der Waals surface area (Å²) < 4.78 is 25.9. The molecule has 1 aliphatic rings. The Bertz CT molecular complexity index is 590. The minimum Gasteiger partial charge on any atom is -0.326 e. The summed E-state index contributed by atoms with van der Waals surface area (Å²) in [4.78, 5) is 10.0. The van der Waals surface area contributed by atoms with Crippen molar-refractivity contribution in [2.45, 2.75) is 18.7 Å². The van der Waals surface area contributed by atoms with Gasteiger partial charge in [-0.1, -0.05) is 19.1 Å². The van der Waals surface area contributed by atoms with E-state index in [0.29, 0.717) is 18.7 Å². The molecule has 2 unspecified atom stereocenters. The number of nitrogens with two attached hydrogens (primary N) is 1. The monoisotopic (exact) mass is 299 g/mol. The van der Waals surface area contributed by atoms with Crippen LogP contribution in [0.5, 0.6) is 0 Å². The molecule has 8 heteroatoms. The summed E-state index contributed by atoms with van der Waals surface area (Å²) in [7, 11) is -3.43. The lowest BCUT2D eigenvalue weighted by molar-refractivity contribution is -0.384. The van der Waals surface area contributed by atoms with Gasteiger partial charge in [-0.2, -0.15) is 4.31 Å². The molecule has 1 fully saturated rings. The van der Waals surface area contributed by atoms with Gasteiger partial charge in [0.1, 0.15) is 0 Å². The first-order chi connectivity index (χ1) is 9.29. The van der Waals surface area contributed by atoms with E-state index in [0.717, 1.165) is 0 Å². The molecule has 20 heavy (non-hydrogen) atoms. The first-order valence-corrected chi connectivity index (χ1v) is 7.87. The maximum absolute atomic E-state index is 12.2.